The van der Waals surface area contributed by atoms with Gasteiger partial charge in [0, 0.05) is 49.6 Å². The Hall–Kier alpha value is -3.77. The molecular formula is C23H23FN6O2. The van der Waals surface area contributed by atoms with E-state index in [-0.39, 0.29) is 17.2 Å². The fourth-order valence-corrected chi connectivity index (χ4v) is 3.86. The number of aromatic nitrogens is 3. The number of nitrogens with two attached hydrogens (primary N) is 1. The van der Waals surface area contributed by atoms with Gasteiger partial charge >= 0.3 is 0 Å². The highest BCUT2D eigenvalue weighted by Gasteiger charge is 2.24. The van der Waals surface area contributed by atoms with E-state index in [0.717, 1.165) is 12.8 Å². The number of hydrogen-bond acceptors (Lipinski definition) is 7. The van der Waals surface area contributed by atoms with Gasteiger partial charge in [0.1, 0.15) is 11.9 Å². The third-order valence-electron chi connectivity index (χ3n) is 5.69. The second kappa shape index (κ2) is 8.77. The fourth-order valence-electron chi connectivity index (χ4n) is 3.86. The minimum Gasteiger partial charge on any atom is -0.481 e. The van der Waals surface area contributed by atoms with Crippen LogP contribution in [0.5, 0.6) is 5.88 Å². The molecule has 2 aromatic heterocycles. The summed E-state index contributed by atoms with van der Waals surface area (Å²) in [5, 5.41) is 9.09. The number of nitriles is 1. The first-order valence-corrected chi connectivity index (χ1v) is 10.2. The van der Waals surface area contributed by atoms with Gasteiger partial charge in [0.25, 0.3) is 5.56 Å². The number of ether oxygens (including phenoxy) is 1. The summed E-state index contributed by atoms with van der Waals surface area (Å²) < 4.78 is 21.1. The lowest BCUT2D eigenvalue weighted by atomic mass is 10.0. The first-order valence-electron chi connectivity index (χ1n) is 10.2. The molecule has 0 bridgehead atoms. The van der Waals surface area contributed by atoms with Crippen LogP contribution in [0, 0.1) is 17.1 Å². The molecule has 32 heavy (non-hydrogen) atoms. The van der Waals surface area contributed by atoms with Crippen molar-refractivity contribution in [3.05, 3.63) is 58.3 Å². The average molecular weight is 434 g/mol. The van der Waals surface area contributed by atoms with E-state index in [9.17, 15) is 9.18 Å². The van der Waals surface area contributed by atoms with Crippen molar-refractivity contribution in [2.24, 2.45) is 12.8 Å². The lowest BCUT2D eigenvalue weighted by molar-refractivity contribution is 0.398. The van der Waals surface area contributed by atoms with Crippen molar-refractivity contribution in [1.82, 2.24) is 14.5 Å². The molecule has 3 aromatic rings. The van der Waals surface area contributed by atoms with Crippen molar-refractivity contribution >= 4 is 5.82 Å². The largest absolute Gasteiger partial charge is 0.481 e. The van der Waals surface area contributed by atoms with Crippen LogP contribution in [-0.2, 0) is 7.05 Å². The van der Waals surface area contributed by atoms with E-state index in [2.05, 4.69) is 4.98 Å². The van der Waals surface area contributed by atoms with Crippen molar-refractivity contribution in [2.45, 2.75) is 18.9 Å². The average Bonchev–Trinajstić information content (AvgIpc) is 2.81. The highest BCUT2D eigenvalue weighted by Crippen LogP contribution is 2.32. The molecule has 2 N–H and O–H groups in total. The fraction of sp³-hybridized carbons (Fsp3) is 0.304. The van der Waals surface area contributed by atoms with Crippen LogP contribution in [0.15, 0.2) is 41.3 Å². The second-order valence-corrected chi connectivity index (χ2v) is 7.72. The molecule has 1 saturated heterocycles. The number of anilines is 1. The minimum absolute atomic E-state index is 0.0588. The van der Waals surface area contributed by atoms with Crippen LogP contribution in [0.4, 0.5) is 10.2 Å². The third-order valence-corrected chi connectivity index (χ3v) is 5.69. The summed E-state index contributed by atoms with van der Waals surface area (Å²) in [4.78, 5) is 24.2. The topological polar surface area (TPSA) is 110 Å². The molecule has 0 saturated carbocycles. The van der Waals surface area contributed by atoms with Crippen LogP contribution in [0.25, 0.3) is 22.5 Å². The number of nitrogens with zero attached hydrogens (tertiary/aromatic N) is 5. The van der Waals surface area contributed by atoms with E-state index in [1.54, 1.807) is 31.4 Å². The van der Waals surface area contributed by atoms with Crippen LogP contribution in [0.3, 0.4) is 0 Å². The molecule has 9 heteroatoms. The lowest BCUT2D eigenvalue weighted by Gasteiger charge is -2.31. The van der Waals surface area contributed by atoms with Gasteiger partial charge < -0.3 is 19.9 Å². The number of methoxy groups -OCH3 is 1. The Morgan fingerprint density at radius 3 is 2.53 bits per heavy atom. The summed E-state index contributed by atoms with van der Waals surface area (Å²) in [7, 11) is 3.18. The van der Waals surface area contributed by atoms with Crippen LogP contribution in [-0.4, -0.2) is 40.8 Å². The number of piperidine rings is 1. The number of hydrogen-bond donors (Lipinski definition) is 1. The Balaban J connectivity index is 1.93. The molecule has 3 heterocycles. The third kappa shape index (κ3) is 3.92. The summed E-state index contributed by atoms with van der Waals surface area (Å²) >= 11 is 0. The van der Waals surface area contributed by atoms with Gasteiger partial charge in [0.2, 0.25) is 5.88 Å². The predicted octanol–water partition coefficient (Wildman–Crippen LogP) is 2.46. The molecule has 8 nitrogen and oxygen atoms in total. The number of benzene rings is 1. The molecule has 1 aliphatic heterocycles. The molecule has 0 amide bonds. The molecule has 0 radical (unpaired) electrons. The molecular weight excluding hydrogens is 411 g/mol. The quantitative estimate of drug-likeness (QED) is 0.672. The Kier molecular flexibility index (Phi) is 5.88. The van der Waals surface area contributed by atoms with Gasteiger partial charge in [-0.3, -0.25) is 4.79 Å². The molecule has 0 unspecified atom stereocenters. The molecule has 1 aliphatic rings. The molecule has 164 valence electrons. The predicted molar refractivity (Wildman–Crippen MR) is 119 cm³/mol. The van der Waals surface area contributed by atoms with Crippen molar-refractivity contribution in [1.29, 1.82) is 5.26 Å². The Morgan fingerprint density at radius 2 is 1.94 bits per heavy atom. The lowest BCUT2D eigenvalue weighted by Crippen LogP contribution is -2.43. The van der Waals surface area contributed by atoms with Gasteiger partial charge in [-0.2, -0.15) is 5.26 Å². The summed E-state index contributed by atoms with van der Waals surface area (Å²) in [5.74, 6) is 0.0771. The van der Waals surface area contributed by atoms with Crippen LogP contribution in [0.2, 0.25) is 0 Å². The number of rotatable bonds is 4. The monoisotopic (exact) mass is 434 g/mol. The SMILES string of the molecule is COc1ccc(-c2c(-c3ccc(C#N)c(F)c3)nc(N3CCC(N)CC3)c(=O)n2C)cn1. The Bertz CT molecular complexity index is 1240. The maximum atomic E-state index is 14.5. The van der Waals surface area contributed by atoms with E-state index in [0.29, 0.717) is 47.3 Å². The molecule has 1 aromatic carbocycles. The summed E-state index contributed by atoms with van der Waals surface area (Å²) in [6.07, 6.45) is 3.10. The standard InChI is InChI=1S/C23H23FN6O2/c1-29-21(16-5-6-19(32-2)27-13-16)20(14-3-4-15(12-25)18(24)11-14)28-22(23(29)31)30-9-7-17(26)8-10-30/h3-6,11,13,17H,7-10,26H2,1-2H3. The van der Waals surface area contributed by atoms with Crippen LogP contribution >= 0.6 is 0 Å². The summed E-state index contributed by atoms with van der Waals surface area (Å²) in [5.41, 5.74) is 7.70. The van der Waals surface area contributed by atoms with Gasteiger partial charge in [0.15, 0.2) is 5.82 Å². The molecule has 4 rings (SSSR count). The number of halogens is 1. The minimum atomic E-state index is -0.648. The summed E-state index contributed by atoms with van der Waals surface area (Å²) in [6.45, 7) is 1.24. The maximum absolute atomic E-state index is 14.5. The van der Waals surface area contributed by atoms with Crippen molar-refractivity contribution in [2.75, 3.05) is 25.1 Å². The maximum Gasteiger partial charge on any atom is 0.293 e. The van der Waals surface area contributed by atoms with Gasteiger partial charge in [-0.05, 0) is 31.0 Å². The van der Waals surface area contributed by atoms with Gasteiger partial charge in [0.05, 0.1) is 24.1 Å². The highest BCUT2D eigenvalue weighted by atomic mass is 19.1. The number of pyridine rings is 1. The first kappa shape index (κ1) is 21.5. The van der Waals surface area contributed by atoms with Crippen LogP contribution < -0.4 is 20.9 Å². The zero-order valence-corrected chi connectivity index (χ0v) is 17.9. The van der Waals surface area contributed by atoms with Crippen molar-refractivity contribution in [3.63, 3.8) is 0 Å². The Morgan fingerprint density at radius 1 is 1.22 bits per heavy atom. The van der Waals surface area contributed by atoms with E-state index < -0.39 is 5.82 Å². The van der Waals surface area contributed by atoms with Crippen LogP contribution in [0.1, 0.15) is 18.4 Å². The van der Waals surface area contributed by atoms with Gasteiger partial charge in [-0.1, -0.05) is 6.07 Å². The van der Waals surface area contributed by atoms with E-state index in [1.165, 1.54) is 23.8 Å². The second-order valence-electron chi connectivity index (χ2n) is 7.72. The first-order chi connectivity index (χ1) is 15.4. The normalized spacial score (nSPS) is 14.3. The molecule has 0 atom stereocenters. The van der Waals surface area contributed by atoms with Gasteiger partial charge in [-0.15, -0.1) is 0 Å². The smallest absolute Gasteiger partial charge is 0.293 e. The Labute approximate surface area is 184 Å². The van der Waals surface area contributed by atoms with E-state index in [1.807, 2.05) is 11.0 Å². The van der Waals surface area contributed by atoms with Crippen molar-refractivity contribution < 1.29 is 9.13 Å². The van der Waals surface area contributed by atoms with Crippen molar-refractivity contribution in [3.8, 4) is 34.5 Å². The molecule has 1 fully saturated rings. The van der Waals surface area contributed by atoms with Gasteiger partial charge in [-0.25, -0.2) is 14.4 Å². The summed E-state index contributed by atoms with van der Waals surface area (Å²) in [6, 6.07) is 9.69. The molecule has 0 aliphatic carbocycles. The van der Waals surface area contributed by atoms with E-state index >= 15 is 0 Å². The van der Waals surface area contributed by atoms with E-state index in [4.69, 9.17) is 20.7 Å². The highest BCUT2D eigenvalue weighted by molar-refractivity contribution is 5.79. The molecule has 0 spiro atoms. The zero-order chi connectivity index (χ0) is 22.8. The zero-order valence-electron chi connectivity index (χ0n) is 17.9.